The first-order valence-corrected chi connectivity index (χ1v) is 2.49. The first kappa shape index (κ1) is 7.83. The predicted octanol–water partition coefficient (Wildman–Crippen LogP) is 0.184. The first-order valence-electron chi connectivity index (χ1n) is 2.49. The summed E-state index contributed by atoms with van der Waals surface area (Å²) in [5.41, 5.74) is 0. The number of hydrogen-bond acceptors (Lipinski definition) is 3. The summed E-state index contributed by atoms with van der Waals surface area (Å²) in [6.45, 7) is 0. The van der Waals surface area contributed by atoms with Crippen molar-refractivity contribution in [1.82, 2.24) is 5.32 Å². The minimum absolute atomic E-state index is 1.35. The number of cyclic esters (lactones) is 1. The van der Waals surface area contributed by atoms with Gasteiger partial charge in [-0.05, 0) is 0 Å². The van der Waals surface area contributed by atoms with Crippen LogP contribution < -0.4 is 5.32 Å². The third-order valence-electron chi connectivity index (χ3n) is 0.986. The summed E-state index contributed by atoms with van der Waals surface area (Å²) >= 11 is 0. The molecule has 0 aromatic rings. The summed E-state index contributed by atoms with van der Waals surface area (Å²) in [5, 5.41) is 1.35. The Hall–Kier alpha value is -1.27. The van der Waals surface area contributed by atoms with Gasteiger partial charge in [0.05, 0.1) is 0 Å². The number of imide groups is 1. The molecule has 7 heteroatoms. The molecule has 1 atom stereocenters. The monoisotopic (exact) mass is 169 g/mol. The number of nitrogens with one attached hydrogen (secondary N) is 1. The molecular weight excluding hydrogens is 167 g/mol. The van der Waals surface area contributed by atoms with Gasteiger partial charge < -0.3 is 4.74 Å². The second-order valence-corrected chi connectivity index (χ2v) is 1.82. The summed E-state index contributed by atoms with van der Waals surface area (Å²) in [6.07, 6.45) is -8.83. The van der Waals surface area contributed by atoms with Gasteiger partial charge in [-0.1, -0.05) is 0 Å². The standard InChI is InChI=1S/C4H2F3NO3/c5-4(6,7)1-2(9)8-3(10)11-1/h1H,(H,8,9,10). The van der Waals surface area contributed by atoms with E-state index < -0.39 is 24.3 Å². The number of rotatable bonds is 0. The average Bonchev–Trinajstić information content (AvgIpc) is 2.08. The molecule has 1 aliphatic heterocycles. The number of halogens is 3. The maximum Gasteiger partial charge on any atom is 0.434 e. The van der Waals surface area contributed by atoms with Crippen molar-refractivity contribution in [1.29, 1.82) is 0 Å². The van der Waals surface area contributed by atoms with Crippen molar-refractivity contribution in [3.05, 3.63) is 0 Å². The van der Waals surface area contributed by atoms with Crippen LogP contribution in [0, 0.1) is 0 Å². The number of amides is 2. The Bertz CT molecular complexity index is 211. The van der Waals surface area contributed by atoms with E-state index >= 15 is 0 Å². The maximum atomic E-state index is 11.6. The lowest BCUT2D eigenvalue weighted by Crippen LogP contribution is -2.36. The Morgan fingerprint density at radius 3 is 2.09 bits per heavy atom. The normalized spacial score (nSPS) is 24.8. The maximum absolute atomic E-state index is 11.6. The van der Waals surface area contributed by atoms with Crippen LogP contribution in [0.5, 0.6) is 0 Å². The molecule has 1 saturated heterocycles. The fourth-order valence-electron chi connectivity index (χ4n) is 0.572. The van der Waals surface area contributed by atoms with E-state index in [2.05, 4.69) is 4.74 Å². The summed E-state index contributed by atoms with van der Waals surface area (Å²) in [5.74, 6) is -1.47. The van der Waals surface area contributed by atoms with Crippen LogP contribution in [0.4, 0.5) is 18.0 Å². The fourth-order valence-corrected chi connectivity index (χ4v) is 0.572. The molecule has 1 unspecified atom stereocenters. The van der Waals surface area contributed by atoms with E-state index in [1.807, 2.05) is 0 Å². The highest BCUT2D eigenvalue weighted by atomic mass is 19.4. The molecule has 1 N–H and O–H groups in total. The lowest BCUT2D eigenvalue weighted by Gasteiger charge is -2.08. The molecule has 0 bridgehead atoms. The van der Waals surface area contributed by atoms with E-state index in [-0.39, 0.29) is 0 Å². The summed E-state index contributed by atoms with van der Waals surface area (Å²) in [4.78, 5) is 20.3. The smallest absolute Gasteiger partial charge is 0.426 e. The van der Waals surface area contributed by atoms with Crippen molar-refractivity contribution < 1.29 is 27.5 Å². The van der Waals surface area contributed by atoms with E-state index in [0.29, 0.717) is 0 Å². The highest BCUT2D eigenvalue weighted by molar-refractivity contribution is 6.00. The van der Waals surface area contributed by atoms with Crippen LogP contribution in [0.15, 0.2) is 0 Å². The number of carbonyl (C=O) groups excluding carboxylic acids is 2. The van der Waals surface area contributed by atoms with E-state index in [9.17, 15) is 22.8 Å². The zero-order chi connectivity index (χ0) is 8.65. The molecule has 0 aromatic heterocycles. The second-order valence-electron chi connectivity index (χ2n) is 1.82. The second kappa shape index (κ2) is 2.11. The van der Waals surface area contributed by atoms with Crippen LogP contribution in [-0.4, -0.2) is 24.3 Å². The van der Waals surface area contributed by atoms with Gasteiger partial charge in [0.2, 0.25) is 0 Å². The molecule has 0 aromatic carbocycles. The molecule has 0 aliphatic carbocycles. The molecule has 62 valence electrons. The Kier molecular flexibility index (Phi) is 1.50. The fraction of sp³-hybridized carbons (Fsp3) is 0.500. The molecule has 1 aliphatic rings. The Morgan fingerprint density at radius 1 is 1.36 bits per heavy atom. The zero-order valence-corrected chi connectivity index (χ0v) is 4.94. The minimum Gasteiger partial charge on any atom is -0.426 e. The molecule has 0 radical (unpaired) electrons. The highest BCUT2D eigenvalue weighted by Crippen LogP contribution is 2.25. The van der Waals surface area contributed by atoms with Crippen molar-refractivity contribution in [2.24, 2.45) is 0 Å². The van der Waals surface area contributed by atoms with Gasteiger partial charge in [-0.25, -0.2) is 4.79 Å². The van der Waals surface area contributed by atoms with E-state index in [0.717, 1.165) is 0 Å². The SMILES string of the molecule is O=C1NC(=O)C(C(F)(F)F)O1. The van der Waals surface area contributed by atoms with Gasteiger partial charge in [-0.2, -0.15) is 13.2 Å². The molecule has 0 spiro atoms. The molecule has 4 nitrogen and oxygen atoms in total. The number of alkyl carbamates (subject to hydrolysis) is 1. The van der Waals surface area contributed by atoms with Crippen LogP contribution in [0.25, 0.3) is 0 Å². The van der Waals surface area contributed by atoms with E-state index in [1.165, 1.54) is 5.32 Å². The number of hydrogen-bond donors (Lipinski definition) is 1. The van der Waals surface area contributed by atoms with Gasteiger partial charge in [-0.15, -0.1) is 0 Å². The summed E-state index contributed by atoms with van der Waals surface area (Å²) < 4.78 is 38.6. The molecule has 11 heavy (non-hydrogen) atoms. The molecule has 2 amide bonds. The number of ether oxygens (including phenoxy) is 1. The van der Waals surface area contributed by atoms with Gasteiger partial charge in [0.1, 0.15) is 0 Å². The minimum atomic E-state index is -4.82. The number of carbonyl (C=O) groups is 2. The Morgan fingerprint density at radius 2 is 1.91 bits per heavy atom. The predicted molar refractivity (Wildman–Crippen MR) is 24.5 cm³/mol. The van der Waals surface area contributed by atoms with E-state index in [1.54, 1.807) is 0 Å². The van der Waals surface area contributed by atoms with Gasteiger partial charge in [-0.3, -0.25) is 10.1 Å². The van der Waals surface area contributed by atoms with Crippen LogP contribution >= 0.6 is 0 Å². The van der Waals surface area contributed by atoms with Crippen LogP contribution in [-0.2, 0) is 9.53 Å². The highest BCUT2D eigenvalue weighted by Gasteiger charge is 2.52. The van der Waals surface area contributed by atoms with Gasteiger partial charge in [0, 0.05) is 0 Å². The summed E-state index contributed by atoms with van der Waals surface area (Å²) in [7, 11) is 0. The topological polar surface area (TPSA) is 55.4 Å². The van der Waals surface area contributed by atoms with Gasteiger partial charge in [0.15, 0.2) is 0 Å². The first-order chi connectivity index (χ1) is 4.91. The van der Waals surface area contributed by atoms with Crippen LogP contribution in [0.3, 0.4) is 0 Å². The molecule has 1 rings (SSSR count). The van der Waals surface area contributed by atoms with Gasteiger partial charge in [0.25, 0.3) is 12.0 Å². The van der Waals surface area contributed by atoms with Crippen LogP contribution in [0.1, 0.15) is 0 Å². The van der Waals surface area contributed by atoms with Crippen molar-refractivity contribution in [3.63, 3.8) is 0 Å². The third kappa shape index (κ3) is 1.41. The third-order valence-corrected chi connectivity index (χ3v) is 0.986. The largest absolute Gasteiger partial charge is 0.434 e. The molecular formula is C4H2F3NO3. The van der Waals surface area contributed by atoms with Crippen LogP contribution in [0.2, 0.25) is 0 Å². The van der Waals surface area contributed by atoms with Gasteiger partial charge >= 0.3 is 12.3 Å². The lowest BCUT2D eigenvalue weighted by atomic mass is 10.3. The average molecular weight is 169 g/mol. The van der Waals surface area contributed by atoms with Crippen molar-refractivity contribution in [2.45, 2.75) is 12.3 Å². The Labute approximate surface area is 58.3 Å². The van der Waals surface area contributed by atoms with Crippen molar-refractivity contribution in [2.75, 3.05) is 0 Å². The molecule has 1 fully saturated rings. The molecule has 1 heterocycles. The lowest BCUT2D eigenvalue weighted by molar-refractivity contribution is -0.195. The Balaban J connectivity index is 2.76. The van der Waals surface area contributed by atoms with Crippen molar-refractivity contribution in [3.8, 4) is 0 Å². The number of alkyl halides is 3. The quantitative estimate of drug-likeness (QED) is 0.562. The van der Waals surface area contributed by atoms with Crippen molar-refractivity contribution >= 4 is 12.0 Å². The molecule has 0 saturated carbocycles. The van der Waals surface area contributed by atoms with E-state index in [4.69, 9.17) is 0 Å². The zero-order valence-electron chi connectivity index (χ0n) is 4.94. The summed E-state index contributed by atoms with van der Waals surface area (Å²) in [6, 6.07) is 0.